The summed E-state index contributed by atoms with van der Waals surface area (Å²) in [6.07, 6.45) is 2.36. The number of anilines is 3. The first-order valence-corrected chi connectivity index (χ1v) is 9.78. The van der Waals surface area contributed by atoms with E-state index in [0.717, 1.165) is 15.5 Å². The number of aromatic nitrogens is 1. The number of nitriles is 1. The molecule has 1 aliphatic heterocycles. The van der Waals surface area contributed by atoms with E-state index in [-0.39, 0.29) is 11.8 Å². The van der Waals surface area contributed by atoms with Gasteiger partial charge in [0.25, 0.3) is 0 Å². The lowest BCUT2D eigenvalue weighted by Gasteiger charge is -2.14. The summed E-state index contributed by atoms with van der Waals surface area (Å²) in [4.78, 5) is 28.2. The van der Waals surface area contributed by atoms with Crippen LogP contribution >= 0.6 is 15.9 Å². The fourth-order valence-corrected chi connectivity index (χ4v) is 3.65. The molecule has 1 aliphatic rings. The first-order valence-electron chi connectivity index (χ1n) is 8.99. The van der Waals surface area contributed by atoms with Crippen LogP contribution in [0.15, 0.2) is 53.1 Å². The molecule has 0 aliphatic carbocycles. The van der Waals surface area contributed by atoms with Crippen molar-refractivity contribution >= 4 is 55.7 Å². The first-order chi connectivity index (χ1) is 14.0. The van der Waals surface area contributed by atoms with Gasteiger partial charge in [-0.2, -0.15) is 5.26 Å². The van der Waals surface area contributed by atoms with Gasteiger partial charge in [-0.3, -0.25) is 9.59 Å². The number of carbonyl (C=O) groups is 2. The van der Waals surface area contributed by atoms with E-state index in [9.17, 15) is 14.9 Å². The predicted molar refractivity (Wildman–Crippen MR) is 114 cm³/mol. The third-order valence-corrected chi connectivity index (χ3v) is 5.17. The van der Waals surface area contributed by atoms with E-state index in [1.165, 1.54) is 6.20 Å². The number of hydrogen-bond acceptors (Lipinski definition) is 5. The van der Waals surface area contributed by atoms with Crippen LogP contribution in [-0.2, 0) is 9.59 Å². The van der Waals surface area contributed by atoms with Crippen molar-refractivity contribution in [1.82, 2.24) is 10.3 Å². The summed E-state index contributed by atoms with van der Waals surface area (Å²) in [6.45, 7) is 0. The number of pyridine rings is 1. The predicted octanol–water partition coefficient (Wildman–Crippen LogP) is 3.83. The fraction of sp³-hybridized carbons (Fsp3) is 0.143. The van der Waals surface area contributed by atoms with Gasteiger partial charge in [-0.05, 0) is 36.8 Å². The van der Waals surface area contributed by atoms with Gasteiger partial charge in [0.05, 0.1) is 5.56 Å². The molecule has 8 heteroatoms. The van der Waals surface area contributed by atoms with Crippen molar-refractivity contribution in [2.75, 3.05) is 10.6 Å². The van der Waals surface area contributed by atoms with Gasteiger partial charge in [-0.1, -0.05) is 28.1 Å². The highest BCUT2D eigenvalue weighted by molar-refractivity contribution is 9.10. The lowest BCUT2D eigenvalue weighted by molar-refractivity contribution is -0.122. The van der Waals surface area contributed by atoms with E-state index in [1.807, 2.05) is 24.3 Å². The van der Waals surface area contributed by atoms with E-state index in [0.29, 0.717) is 35.3 Å². The molecule has 0 spiro atoms. The number of nitrogens with zero attached hydrogens (tertiary/aromatic N) is 2. The summed E-state index contributed by atoms with van der Waals surface area (Å²) in [6, 6.07) is 14.6. The molecule has 1 saturated heterocycles. The first kappa shape index (κ1) is 18.9. The Morgan fingerprint density at radius 2 is 2.07 bits per heavy atom. The molecule has 1 fully saturated rings. The minimum Gasteiger partial charge on any atom is -0.344 e. The molecule has 7 nitrogen and oxygen atoms in total. The zero-order chi connectivity index (χ0) is 20.4. The SMILES string of the molecule is N#Cc1cnc(Nc2cccc(Br)c2)c2cc(NC(=O)[C@@H]3CCC(=O)N3)ccc12. The zero-order valence-corrected chi connectivity index (χ0v) is 16.8. The van der Waals surface area contributed by atoms with Gasteiger partial charge in [0.1, 0.15) is 17.9 Å². The Bertz CT molecular complexity index is 1170. The average Bonchev–Trinajstić information content (AvgIpc) is 3.15. The van der Waals surface area contributed by atoms with Gasteiger partial charge >= 0.3 is 0 Å². The Hall–Kier alpha value is -3.44. The van der Waals surface area contributed by atoms with Crippen molar-refractivity contribution in [3.8, 4) is 6.07 Å². The number of nitrogens with one attached hydrogen (secondary N) is 3. The van der Waals surface area contributed by atoms with Crippen LogP contribution in [-0.4, -0.2) is 22.8 Å². The van der Waals surface area contributed by atoms with Crippen molar-refractivity contribution in [3.63, 3.8) is 0 Å². The Morgan fingerprint density at radius 1 is 1.21 bits per heavy atom. The number of amides is 2. The molecule has 29 heavy (non-hydrogen) atoms. The molecule has 1 atom stereocenters. The summed E-state index contributed by atoms with van der Waals surface area (Å²) in [5.74, 6) is 0.190. The van der Waals surface area contributed by atoms with Crippen LogP contribution in [0.2, 0.25) is 0 Å². The molecule has 0 bridgehead atoms. The van der Waals surface area contributed by atoms with Crippen LogP contribution in [0.25, 0.3) is 10.8 Å². The van der Waals surface area contributed by atoms with Gasteiger partial charge in [-0.15, -0.1) is 0 Å². The maximum atomic E-state index is 12.4. The number of benzene rings is 2. The van der Waals surface area contributed by atoms with Gasteiger partial charge < -0.3 is 16.0 Å². The second kappa shape index (κ2) is 7.89. The molecule has 0 saturated carbocycles. The molecule has 1 aromatic heterocycles. The standard InChI is InChI=1S/C21H16BrN5O2/c22-13-2-1-3-14(8-13)25-20-17-9-15(4-5-16(17)12(10-23)11-24-20)26-21(29)18-6-7-19(28)27-18/h1-5,8-9,11,18H,6-7H2,(H,24,25)(H,26,29)(H,27,28)/t18-/m0/s1. The normalized spacial score (nSPS) is 15.6. The highest BCUT2D eigenvalue weighted by atomic mass is 79.9. The topological polar surface area (TPSA) is 107 Å². The molecular weight excluding hydrogens is 434 g/mol. The highest BCUT2D eigenvalue weighted by Crippen LogP contribution is 2.30. The maximum Gasteiger partial charge on any atom is 0.246 e. The lowest BCUT2D eigenvalue weighted by Crippen LogP contribution is -2.37. The Labute approximate surface area is 175 Å². The molecule has 144 valence electrons. The Kier molecular flexibility index (Phi) is 5.14. The van der Waals surface area contributed by atoms with Crippen molar-refractivity contribution in [2.45, 2.75) is 18.9 Å². The molecule has 2 heterocycles. The molecular formula is C21H16BrN5O2. The van der Waals surface area contributed by atoms with E-state index in [4.69, 9.17) is 0 Å². The summed E-state index contributed by atoms with van der Waals surface area (Å²) in [7, 11) is 0. The van der Waals surface area contributed by atoms with Crippen molar-refractivity contribution in [2.24, 2.45) is 0 Å². The third kappa shape index (κ3) is 4.05. The molecule has 0 unspecified atom stereocenters. The highest BCUT2D eigenvalue weighted by Gasteiger charge is 2.27. The van der Waals surface area contributed by atoms with Gasteiger partial charge in [0, 0.05) is 39.2 Å². The molecule has 2 amide bonds. The van der Waals surface area contributed by atoms with Crippen LogP contribution in [0.3, 0.4) is 0 Å². The third-order valence-electron chi connectivity index (χ3n) is 4.67. The number of hydrogen-bond donors (Lipinski definition) is 3. The maximum absolute atomic E-state index is 12.4. The Balaban J connectivity index is 1.68. The van der Waals surface area contributed by atoms with Crippen LogP contribution < -0.4 is 16.0 Å². The molecule has 3 aromatic rings. The van der Waals surface area contributed by atoms with Crippen LogP contribution in [0.1, 0.15) is 18.4 Å². The largest absolute Gasteiger partial charge is 0.344 e. The lowest BCUT2D eigenvalue weighted by atomic mass is 10.1. The van der Waals surface area contributed by atoms with Gasteiger partial charge in [0.15, 0.2) is 0 Å². The summed E-state index contributed by atoms with van der Waals surface area (Å²) < 4.78 is 0.923. The van der Waals surface area contributed by atoms with E-state index >= 15 is 0 Å². The summed E-state index contributed by atoms with van der Waals surface area (Å²) in [5, 5.41) is 19.6. The number of halogens is 1. The Morgan fingerprint density at radius 3 is 2.79 bits per heavy atom. The van der Waals surface area contributed by atoms with Crippen LogP contribution in [0, 0.1) is 11.3 Å². The van der Waals surface area contributed by atoms with Gasteiger partial charge in [0.2, 0.25) is 11.8 Å². The number of fused-ring (bicyclic) bond motifs is 1. The van der Waals surface area contributed by atoms with E-state index in [1.54, 1.807) is 18.2 Å². The summed E-state index contributed by atoms with van der Waals surface area (Å²) in [5.41, 5.74) is 1.85. The molecule has 2 aromatic carbocycles. The molecule has 3 N–H and O–H groups in total. The number of carbonyl (C=O) groups excluding carboxylic acids is 2. The quantitative estimate of drug-likeness (QED) is 0.560. The monoisotopic (exact) mass is 449 g/mol. The van der Waals surface area contributed by atoms with Crippen molar-refractivity contribution in [3.05, 3.63) is 58.7 Å². The smallest absolute Gasteiger partial charge is 0.246 e. The second-order valence-corrected chi connectivity index (χ2v) is 7.59. The fourth-order valence-electron chi connectivity index (χ4n) is 3.25. The van der Waals surface area contributed by atoms with Crippen molar-refractivity contribution in [1.29, 1.82) is 5.26 Å². The number of rotatable bonds is 4. The molecule has 4 rings (SSSR count). The van der Waals surface area contributed by atoms with E-state index < -0.39 is 6.04 Å². The van der Waals surface area contributed by atoms with Crippen LogP contribution in [0.4, 0.5) is 17.2 Å². The second-order valence-electron chi connectivity index (χ2n) is 6.68. The van der Waals surface area contributed by atoms with Crippen molar-refractivity contribution < 1.29 is 9.59 Å². The zero-order valence-electron chi connectivity index (χ0n) is 15.2. The van der Waals surface area contributed by atoms with E-state index in [2.05, 4.69) is 42.9 Å². The summed E-state index contributed by atoms with van der Waals surface area (Å²) >= 11 is 3.44. The minimum atomic E-state index is -0.527. The molecule has 0 radical (unpaired) electrons. The average molecular weight is 450 g/mol. The van der Waals surface area contributed by atoms with Gasteiger partial charge in [-0.25, -0.2) is 4.98 Å². The minimum absolute atomic E-state index is 0.118. The van der Waals surface area contributed by atoms with Crippen LogP contribution in [0.5, 0.6) is 0 Å².